The fourth-order valence-electron chi connectivity index (χ4n) is 4.81. The molecule has 5 rings (SSSR count). The van der Waals surface area contributed by atoms with Crippen molar-refractivity contribution in [3.63, 3.8) is 0 Å². The van der Waals surface area contributed by atoms with Gasteiger partial charge in [-0.2, -0.15) is 0 Å². The highest BCUT2D eigenvalue weighted by atomic mass is 16.4. The van der Waals surface area contributed by atoms with Crippen LogP contribution in [0.2, 0.25) is 0 Å². The molecule has 0 unspecified atom stereocenters. The van der Waals surface area contributed by atoms with E-state index in [0.717, 1.165) is 22.9 Å². The van der Waals surface area contributed by atoms with Crippen LogP contribution in [0, 0.1) is 0 Å². The number of benzene rings is 3. The largest absolute Gasteiger partial charge is 0.464 e. The van der Waals surface area contributed by atoms with Gasteiger partial charge in [0.1, 0.15) is 0 Å². The number of hydrogen-bond donors (Lipinski definition) is 1. The Morgan fingerprint density at radius 1 is 0.743 bits per heavy atom. The second kappa shape index (κ2) is 9.85. The Balaban J connectivity index is 1.42. The summed E-state index contributed by atoms with van der Waals surface area (Å²) in [5, 5.41) is 10.5. The Morgan fingerprint density at radius 2 is 1.37 bits per heavy atom. The summed E-state index contributed by atoms with van der Waals surface area (Å²) >= 11 is 0. The minimum atomic E-state index is -0.996. The second-order valence-electron chi connectivity index (χ2n) is 8.68. The molecular formula is C30H26N2O3. The molecule has 5 aromatic rings. The van der Waals surface area contributed by atoms with Crippen LogP contribution in [-0.2, 0) is 13.0 Å². The molecule has 35 heavy (non-hydrogen) atoms. The first-order chi connectivity index (χ1) is 17.1. The summed E-state index contributed by atoms with van der Waals surface area (Å²) in [6.07, 6.45) is 4.06. The van der Waals surface area contributed by atoms with Crippen molar-refractivity contribution in [3.05, 3.63) is 142 Å². The molecule has 2 aromatic heterocycles. The van der Waals surface area contributed by atoms with Crippen LogP contribution in [0.15, 0.2) is 114 Å². The summed E-state index contributed by atoms with van der Waals surface area (Å²) in [6, 6.07) is 31.7. The van der Waals surface area contributed by atoms with Crippen molar-refractivity contribution in [2.45, 2.75) is 25.3 Å². The van der Waals surface area contributed by atoms with Crippen LogP contribution in [0.3, 0.4) is 0 Å². The van der Waals surface area contributed by atoms with Crippen LogP contribution >= 0.6 is 0 Å². The predicted octanol–water partition coefficient (Wildman–Crippen LogP) is 6.14. The lowest BCUT2D eigenvalue weighted by molar-refractivity contribution is 0.197. The number of nitrogens with zero attached hydrogens (tertiary/aromatic N) is 2. The number of para-hydroxylation sites is 1. The monoisotopic (exact) mass is 462 g/mol. The van der Waals surface area contributed by atoms with Crippen LogP contribution in [0.5, 0.6) is 0 Å². The Labute approximate surface area is 203 Å². The van der Waals surface area contributed by atoms with Crippen molar-refractivity contribution in [1.29, 1.82) is 0 Å². The van der Waals surface area contributed by atoms with Gasteiger partial charge in [-0.05, 0) is 41.2 Å². The highest BCUT2D eigenvalue weighted by molar-refractivity contribution is 5.91. The van der Waals surface area contributed by atoms with E-state index in [1.807, 2.05) is 72.9 Å². The van der Waals surface area contributed by atoms with E-state index in [2.05, 4.69) is 24.3 Å². The number of fused-ring (bicyclic) bond motifs is 1. The molecule has 0 aliphatic heterocycles. The molecule has 5 nitrogen and oxygen atoms in total. The molecule has 0 radical (unpaired) electrons. The number of pyridine rings is 1. The van der Waals surface area contributed by atoms with E-state index >= 15 is 0 Å². The molecule has 0 atom stereocenters. The minimum Gasteiger partial charge on any atom is -0.464 e. The van der Waals surface area contributed by atoms with Gasteiger partial charge in [0.05, 0.1) is 5.52 Å². The highest BCUT2D eigenvalue weighted by Crippen LogP contribution is 2.31. The maximum atomic E-state index is 12.7. The summed E-state index contributed by atoms with van der Waals surface area (Å²) in [5.74, 6) is 0.0257. The van der Waals surface area contributed by atoms with Crippen LogP contribution in [0.25, 0.3) is 10.9 Å². The van der Waals surface area contributed by atoms with Gasteiger partial charge in [-0.15, -0.1) is 0 Å². The number of aryl methyl sites for hydroxylation is 2. The van der Waals surface area contributed by atoms with E-state index in [-0.39, 0.29) is 11.5 Å². The topological polar surface area (TPSA) is 64.2 Å². The van der Waals surface area contributed by atoms with Gasteiger partial charge in [0.15, 0.2) is 0 Å². The fourth-order valence-corrected chi connectivity index (χ4v) is 4.81. The van der Waals surface area contributed by atoms with Crippen molar-refractivity contribution >= 4 is 17.0 Å². The zero-order valence-electron chi connectivity index (χ0n) is 19.2. The van der Waals surface area contributed by atoms with E-state index in [0.29, 0.717) is 18.5 Å². The number of carboxylic acid groups (broad SMARTS) is 1. The number of rotatable bonds is 7. The molecule has 1 N–H and O–H groups in total. The van der Waals surface area contributed by atoms with Gasteiger partial charge in [-0.3, -0.25) is 9.36 Å². The molecule has 0 aliphatic rings. The van der Waals surface area contributed by atoms with E-state index in [9.17, 15) is 14.7 Å². The molecule has 174 valence electrons. The Bertz CT molecular complexity index is 1480. The lowest BCUT2D eigenvalue weighted by atomic mass is 9.86. The first-order valence-electron chi connectivity index (χ1n) is 11.7. The van der Waals surface area contributed by atoms with E-state index in [4.69, 9.17) is 0 Å². The van der Waals surface area contributed by atoms with Gasteiger partial charge in [0, 0.05) is 36.3 Å². The quantitative estimate of drug-likeness (QED) is 0.316. The third-order valence-corrected chi connectivity index (χ3v) is 6.45. The SMILES string of the molecule is O=C(O)n1cc(CCCn2cc(C(c3ccccc3)c3ccccc3)ccc2=O)c2ccccc21. The summed E-state index contributed by atoms with van der Waals surface area (Å²) in [6.45, 7) is 0.551. The smallest absolute Gasteiger partial charge is 0.416 e. The maximum absolute atomic E-state index is 12.7. The average Bonchev–Trinajstić information content (AvgIpc) is 3.26. The zero-order chi connectivity index (χ0) is 24.2. The molecule has 0 saturated carbocycles. The second-order valence-corrected chi connectivity index (χ2v) is 8.68. The molecule has 2 heterocycles. The van der Waals surface area contributed by atoms with Crippen molar-refractivity contribution in [1.82, 2.24) is 9.13 Å². The van der Waals surface area contributed by atoms with Crippen molar-refractivity contribution in [2.24, 2.45) is 0 Å². The molecule has 0 fully saturated rings. The number of hydrogen-bond acceptors (Lipinski definition) is 2. The molecule has 0 spiro atoms. The Kier molecular flexibility index (Phi) is 6.31. The van der Waals surface area contributed by atoms with E-state index in [1.165, 1.54) is 15.7 Å². The van der Waals surface area contributed by atoms with Crippen molar-refractivity contribution in [3.8, 4) is 0 Å². The van der Waals surface area contributed by atoms with Gasteiger partial charge in [-0.25, -0.2) is 4.79 Å². The number of aromatic nitrogens is 2. The normalized spacial score (nSPS) is 11.2. The molecule has 0 aliphatic carbocycles. The standard InChI is InChI=1S/C30H26N2O3/c33-28-18-17-25(29(22-10-3-1-4-11-22)23-12-5-2-6-13-23)20-31(28)19-9-14-24-21-32(30(34)35)27-16-8-7-15-26(24)27/h1-8,10-13,15-18,20-21,29H,9,14,19H2,(H,34,35). The molecule has 0 saturated heterocycles. The lowest BCUT2D eigenvalue weighted by Crippen LogP contribution is -2.20. The molecule has 5 heteroatoms. The molecular weight excluding hydrogens is 436 g/mol. The van der Waals surface area contributed by atoms with Gasteiger partial charge in [0.25, 0.3) is 5.56 Å². The summed E-state index contributed by atoms with van der Waals surface area (Å²) < 4.78 is 3.03. The van der Waals surface area contributed by atoms with E-state index in [1.54, 1.807) is 16.8 Å². The Morgan fingerprint density at radius 3 is 2.03 bits per heavy atom. The van der Waals surface area contributed by atoms with Crippen LogP contribution in [-0.4, -0.2) is 20.3 Å². The van der Waals surface area contributed by atoms with Gasteiger partial charge < -0.3 is 9.67 Å². The minimum absolute atomic E-state index is 0.0257. The van der Waals surface area contributed by atoms with Crippen LogP contribution in [0.4, 0.5) is 4.79 Å². The highest BCUT2D eigenvalue weighted by Gasteiger charge is 2.17. The third-order valence-electron chi connectivity index (χ3n) is 6.45. The van der Waals surface area contributed by atoms with E-state index < -0.39 is 6.09 Å². The average molecular weight is 463 g/mol. The summed E-state index contributed by atoms with van der Waals surface area (Å²) in [5.41, 5.74) is 5.02. The van der Waals surface area contributed by atoms with Gasteiger partial charge >= 0.3 is 6.09 Å². The molecule has 0 bridgehead atoms. The maximum Gasteiger partial charge on any atom is 0.416 e. The van der Waals surface area contributed by atoms with Crippen molar-refractivity contribution in [2.75, 3.05) is 0 Å². The van der Waals surface area contributed by atoms with Crippen LogP contribution in [0.1, 0.15) is 34.6 Å². The molecule has 0 amide bonds. The van der Waals surface area contributed by atoms with Gasteiger partial charge in [-0.1, -0.05) is 84.9 Å². The lowest BCUT2D eigenvalue weighted by Gasteiger charge is -2.20. The summed E-state index contributed by atoms with van der Waals surface area (Å²) in [4.78, 5) is 24.3. The first kappa shape index (κ1) is 22.4. The van der Waals surface area contributed by atoms with Crippen molar-refractivity contribution < 1.29 is 9.90 Å². The zero-order valence-corrected chi connectivity index (χ0v) is 19.2. The Hall–Kier alpha value is -4.38. The van der Waals surface area contributed by atoms with Gasteiger partial charge in [0.2, 0.25) is 0 Å². The van der Waals surface area contributed by atoms with Crippen LogP contribution < -0.4 is 5.56 Å². The predicted molar refractivity (Wildman–Crippen MR) is 138 cm³/mol. The number of carbonyl (C=O) groups is 1. The fraction of sp³-hybridized carbons (Fsp3) is 0.133. The summed E-state index contributed by atoms with van der Waals surface area (Å²) in [7, 11) is 0. The third kappa shape index (κ3) is 4.66. The first-order valence-corrected chi connectivity index (χ1v) is 11.7. The molecule has 3 aromatic carbocycles.